The zero-order valence-electron chi connectivity index (χ0n) is 19.7. The molecule has 194 valence electrons. The van der Waals surface area contributed by atoms with Crippen LogP contribution in [0, 0.1) is 5.92 Å². The highest BCUT2D eigenvalue weighted by Crippen LogP contribution is 2.32. The molecule has 3 aromatic heterocycles. The van der Waals surface area contributed by atoms with Crippen molar-refractivity contribution in [2.45, 2.75) is 17.7 Å². The number of thiophene rings is 1. The van der Waals surface area contributed by atoms with E-state index in [9.17, 15) is 13.2 Å². The molecule has 0 spiro atoms. The first-order valence-corrected chi connectivity index (χ1v) is 15.0. The number of benzene rings is 1. The van der Waals surface area contributed by atoms with Gasteiger partial charge >= 0.3 is 5.97 Å². The van der Waals surface area contributed by atoms with Crippen LogP contribution in [0.15, 0.2) is 57.3 Å². The zero-order valence-corrected chi connectivity index (χ0v) is 23.7. The Morgan fingerprint density at radius 3 is 2.76 bits per heavy atom. The molecule has 4 heterocycles. The molecule has 37 heavy (non-hydrogen) atoms. The third kappa shape index (κ3) is 5.13. The lowest BCUT2D eigenvalue weighted by Gasteiger charge is -2.31. The fourth-order valence-electron chi connectivity index (χ4n) is 4.35. The first kappa shape index (κ1) is 26.1. The molecule has 1 aromatic carbocycles. The van der Waals surface area contributed by atoms with Crippen LogP contribution < -0.4 is 5.32 Å². The molecule has 5 rings (SSSR count). The third-order valence-electron chi connectivity index (χ3n) is 6.34. The summed E-state index contributed by atoms with van der Waals surface area (Å²) in [5.74, 6) is 0.374. The van der Waals surface area contributed by atoms with Crippen molar-refractivity contribution in [3.05, 3.63) is 62.3 Å². The molecule has 1 fully saturated rings. The minimum Gasteiger partial charge on any atom is -0.465 e. The summed E-state index contributed by atoms with van der Waals surface area (Å²) in [7, 11) is -2.54. The molecule has 0 aliphatic carbocycles. The fraction of sp³-hybridized carbons (Fsp3) is 0.292. The predicted octanol–water partition coefficient (Wildman–Crippen LogP) is 5.17. The number of ether oxygens (including phenoxy) is 1. The molecule has 0 amide bonds. The lowest BCUT2D eigenvalue weighted by atomic mass is 9.98. The minimum absolute atomic E-state index is 0.0106. The van der Waals surface area contributed by atoms with Crippen molar-refractivity contribution in [3.63, 3.8) is 0 Å². The highest BCUT2D eigenvalue weighted by molar-refractivity contribution is 9.10. The molecule has 13 heteroatoms. The van der Waals surface area contributed by atoms with Gasteiger partial charge in [0.25, 0.3) is 0 Å². The quantitative estimate of drug-likeness (QED) is 0.283. The Morgan fingerprint density at radius 2 is 2.03 bits per heavy atom. The van der Waals surface area contributed by atoms with E-state index in [2.05, 4.69) is 26.3 Å². The van der Waals surface area contributed by atoms with Gasteiger partial charge in [0.15, 0.2) is 5.65 Å². The number of anilines is 1. The number of piperidine rings is 1. The number of aromatic nitrogens is 3. The van der Waals surface area contributed by atoms with Crippen LogP contribution in [-0.4, -0.2) is 60.0 Å². The van der Waals surface area contributed by atoms with Gasteiger partial charge in [-0.15, -0.1) is 11.3 Å². The van der Waals surface area contributed by atoms with Gasteiger partial charge in [-0.3, -0.25) is 0 Å². The Kier molecular flexibility index (Phi) is 7.55. The normalized spacial score (nSPS) is 15.2. The molecule has 0 saturated carbocycles. The molecular weight excluding hydrogens is 602 g/mol. The molecule has 1 N–H and O–H groups in total. The van der Waals surface area contributed by atoms with E-state index in [0.717, 1.165) is 32.9 Å². The molecule has 1 aliphatic heterocycles. The molecule has 0 unspecified atom stereocenters. The van der Waals surface area contributed by atoms with Crippen LogP contribution in [0.2, 0.25) is 5.02 Å². The van der Waals surface area contributed by atoms with E-state index in [-0.39, 0.29) is 15.7 Å². The first-order valence-electron chi connectivity index (χ1n) is 11.5. The van der Waals surface area contributed by atoms with E-state index in [4.69, 9.17) is 21.3 Å². The van der Waals surface area contributed by atoms with Crippen LogP contribution in [0.25, 0.3) is 16.9 Å². The maximum absolute atomic E-state index is 13.2. The third-order valence-corrected chi connectivity index (χ3v) is 10.2. The topological polar surface area (TPSA) is 106 Å². The highest BCUT2D eigenvalue weighted by Gasteiger charge is 2.33. The van der Waals surface area contributed by atoms with Gasteiger partial charge in [-0.1, -0.05) is 29.8 Å². The Morgan fingerprint density at radius 1 is 1.27 bits per heavy atom. The van der Waals surface area contributed by atoms with Crippen molar-refractivity contribution in [2.24, 2.45) is 5.92 Å². The van der Waals surface area contributed by atoms with Gasteiger partial charge in [0.1, 0.15) is 15.6 Å². The molecule has 9 nitrogen and oxygen atoms in total. The lowest BCUT2D eigenvalue weighted by molar-refractivity contribution is 0.0602. The molecule has 4 aromatic rings. The number of rotatable bonds is 7. The first-order chi connectivity index (χ1) is 17.8. The van der Waals surface area contributed by atoms with Crippen LogP contribution in [0.1, 0.15) is 22.5 Å². The van der Waals surface area contributed by atoms with E-state index in [1.165, 1.54) is 17.5 Å². The number of fused-ring (bicyclic) bond motifs is 1. The van der Waals surface area contributed by atoms with Crippen LogP contribution in [0.3, 0.4) is 0 Å². The fourth-order valence-corrected chi connectivity index (χ4v) is 7.71. The number of nitrogens with zero attached hydrogens (tertiary/aromatic N) is 4. The summed E-state index contributed by atoms with van der Waals surface area (Å²) in [5.41, 5.74) is 2.21. The Labute approximate surface area is 231 Å². The van der Waals surface area contributed by atoms with Crippen molar-refractivity contribution >= 4 is 66.3 Å². The number of methoxy groups -OCH3 is 1. The molecule has 0 radical (unpaired) electrons. The van der Waals surface area contributed by atoms with Crippen LogP contribution in [0.5, 0.6) is 0 Å². The van der Waals surface area contributed by atoms with Crippen LogP contribution in [0.4, 0.5) is 5.82 Å². The van der Waals surface area contributed by atoms with E-state index >= 15 is 0 Å². The second-order valence-electron chi connectivity index (χ2n) is 8.57. The van der Waals surface area contributed by atoms with Gasteiger partial charge in [-0.2, -0.15) is 13.9 Å². The molecule has 0 bridgehead atoms. The zero-order chi connectivity index (χ0) is 26.2. The SMILES string of the molecule is COC(=O)c1sccc1S(=O)(=O)N1CCC(CNc2cc(-c3ccccc3Cl)nc3c(Br)cnn23)CC1. The van der Waals surface area contributed by atoms with Crippen molar-refractivity contribution in [1.82, 2.24) is 18.9 Å². The maximum atomic E-state index is 13.2. The summed E-state index contributed by atoms with van der Waals surface area (Å²) < 4.78 is 35.1. The number of carbonyl (C=O) groups is 1. The van der Waals surface area contributed by atoms with E-state index in [0.29, 0.717) is 43.1 Å². The van der Waals surface area contributed by atoms with Crippen molar-refractivity contribution in [3.8, 4) is 11.3 Å². The number of hydrogen-bond acceptors (Lipinski definition) is 8. The average Bonchev–Trinajstić information content (AvgIpc) is 3.55. The second-order valence-corrected chi connectivity index (χ2v) is 12.7. The monoisotopic (exact) mass is 623 g/mol. The smallest absolute Gasteiger partial charge is 0.349 e. The Hall–Kier alpha value is -2.51. The largest absolute Gasteiger partial charge is 0.465 e. The number of halogens is 2. The van der Waals surface area contributed by atoms with Crippen LogP contribution >= 0.6 is 38.9 Å². The second kappa shape index (κ2) is 10.7. The number of esters is 1. The standard InChI is InChI=1S/C24H23BrClN5O4S2/c1-35-24(32)22-20(8-11-36-22)37(33,34)30-9-6-15(7-10-30)13-27-21-12-19(16-4-2-3-5-18(16)26)29-23-17(25)14-28-31(21)23/h2-5,8,11-12,14-15,27H,6-7,9-10,13H2,1H3. The summed E-state index contributed by atoms with van der Waals surface area (Å²) in [6.45, 7) is 1.38. The number of hydrogen-bond donors (Lipinski definition) is 1. The number of nitrogens with one attached hydrogen (secondary N) is 1. The van der Waals surface area contributed by atoms with Crippen molar-refractivity contribution in [2.75, 3.05) is 32.1 Å². The summed E-state index contributed by atoms with van der Waals surface area (Å²) in [4.78, 5) is 16.8. The predicted molar refractivity (Wildman–Crippen MR) is 147 cm³/mol. The Balaban J connectivity index is 1.30. The molecule has 1 aliphatic rings. The number of sulfonamides is 1. The molecule has 1 saturated heterocycles. The average molecular weight is 625 g/mol. The van der Waals surface area contributed by atoms with Gasteiger partial charge in [-0.25, -0.2) is 18.2 Å². The van der Waals surface area contributed by atoms with Crippen LogP contribution in [-0.2, 0) is 14.8 Å². The van der Waals surface area contributed by atoms with Crippen molar-refractivity contribution in [1.29, 1.82) is 0 Å². The van der Waals surface area contributed by atoms with Gasteiger partial charge < -0.3 is 10.1 Å². The van der Waals surface area contributed by atoms with E-state index < -0.39 is 16.0 Å². The van der Waals surface area contributed by atoms with Gasteiger partial charge in [0, 0.05) is 36.3 Å². The summed E-state index contributed by atoms with van der Waals surface area (Å²) in [6.07, 6.45) is 3.05. The van der Waals surface area contributed by atoms with E-state index in [1.54, 1.807) is 16.1 Å². The summed E-state index contributed by atoms with van der Waals surface area (Å²) in [5, 5.41) is 10.1. The van der Waals surface area contributed by atoms with Crippen molar-refractivity contribution < 1.29 is 17.9 Å². The minimum atomic E-state index is -3.78. The van der Waals surface area contributed by atoms with E-state index in [1.807, 2.05) is 30.3 Å². The highest BCUT2D eigenvalue weighted by atomic mass is 79.9. The van der Waals surface area contributed by atoms with Gasteiger partial charge in [-0.05, 0) is 52.2 Å². The molecule has 0 atom stereocenters. The summed E-state index contributed by atoms with van der Waals surface area (Å²) >= 11 is 11.0. The lowest BCUT2D eigenvalue weighted by Crippen LogP contribution is -2.40. The van der Waals surface area contributed by atoms with Gasteiger partial charge in [0.2, 0.25) is 10.0 Å². The Bertz CT molecular complexity index is 1560. The molecular formula is C24H23BrClN5O4S2. The number of carbonyl (C=O) groups excluding carboxylic acids is 1. The summed E-state index contributed by atoms with van der Waals surface area (Å²) in [6, 6.07) is 10.9. The van der Waals surface area contributed by atoms with Gasteiger partial charge in [0.05, 0.1) is 23.5 Å². The maximum Gasteiger partial charge on any atom is 0.349 e.